The Labute approximate surface area is 102 Å². The topological polar surface area (TPSA) is 34.6 Å². The van der Waals surface area contributed by atoms with Gasteiger partial charge in [-0.1, -0.05) is 6.07 Å². The molecule has 3 rings (SSSR count). The third kappa shape index (κ3) is 2.28. The van der Waals surface area contributed by atoms with Crippen molar-refractivity contribution in [1.29, 1.82) is 0 Å². The molecule has 1 aromatic heterocycles. The number of aromatic nitrogens is 1. The van der Waals surface area contributed by atoms with Crippen molar-refractivity contribution in [3.63, 3.8) is 0 Å². The maximum atomic E-state index is 5.91. The molecule has 0 bridgehead atoms. The van der Waals surface area contributed by atoms with Crippen LogP contribution < -0.4 is 4.74 Å². The lowest BCUT2D eigenvalue weighted by molar-refractivity contribution is -0.179. The van der Waals surface area contributed by atoms with E-state index < -0.39 is 0 Å². The first-order valence-electron chi connectivity index (χ1n) is 6.16. The van der Waals surface area contributed by atoms with Gasteiger partial charge in [0, 0.05) is 38.2 Å². The highest BCUT2D eigenvalue weighted by molar-refractivity contribution is 5.10. The zero-order chi connectivity index (χ0) is 11.7. The van der Waals surface area contributed by atoms with E-state index in [1.165, 1.54) is 0 Å². The molecule has 4 heteroatoms. The van der Waals surface area contributed by atoms with Gasteiger partial charge in [0.2, 0.25) is 5.88 Å². The third-order valence-electron chi connectivity index (χ3n) is 3.49. The minimum absolute atomic E-state index is 0.0481. The fourth-order valence-corrected chi connectivity index (χ4v) is 2.83. The van der Waals surface area contributed by atoms with Gasteiger partial charge in [-0.05, 0) is 13.1 Å². The first-order chi connectivity index (χ1) is 8.26. The zero-order valence-electron chi connectivity index (χ0n) is 10.1. The van der Waals surface area contributed by atoms with Crippen LogP contribution in [0.3, 0.4) is 0 Å². The van der Waals surface area contributed by atoms with Gasteiger partial charge >= 0.3 is 0 Å². The normalized spacial score (nSPS) is 27.7. The molecule has 92 valence electrons. The minimum atomic E-state index is 0.0481. The van der Waals surface area contributed by atoms with Crippen LogP contribution in [0, 0.1) is 0 Å². The molecular formula is C13H18N2O2. The monoisotopic (exact) mass is 234 g/mol. The second-order valence-electron chi connectivity index (χ2n) is 5.10. The predicted molar refractivity (Wildman–Crippen MR) is 64.1 cm³/mol. The molecule has 2 aliphatic heterocycles. The van der Waals surface area contributed by atoms with Crippen molar-refractivity contribution in [3.8, 4) is 5.88 Å². The van der Waals surface area contributed by atoms with Crippen LogP contribution in [0.1, 0.15) is 12.8 Å². The molecule has 0 saturated carbocycles. The van der Waals surface area contributed by atoms with Gasteiger partial charge < -0.3 is 14.4 Å². The molecule has 17 heavy (non-hydrogen) atoms. The average Bonchev–Trinajstić information content (AvgIpc) is 2.29. The molecule has 2 fully saturated rings. The zero-order valence-corrected chi connectivity index (χ0v) is 10.1. The van der Waals surface area contributed by atoms with Gasteiger partial charge in [0.1, 0.15) is 6.10 Å². The van der Waals surface area contributed by atoms with E-state index in [1.807, 2.05) is 18.2 Å². The van der Waals surface area contributed by atoms with Crippen LogP contribution in [-0.2, 0) is 4.74 Å². The number of hydrogen-bond acceptors (Lipinski definition) is 4. The third-order valence-corrected chi connectivity index (χ3v) is 3.49. The summed E-state index contributed by atoms with van der Waals surface area (Å²) in [6, 6.07) is 5.77. The Morgan fingerprint density at radius 3 is 3.06 bits per heavy atom. The highest BCUT2D eigenvalue weighted by Crippen LogP contribution is 2.34. The summed E-state index contributed by atoms with van der Waals surface area (Å²) >= 11 is 0. The van der Waals surface area contributed by atoms with E-state index in [4.69, 9.17) is 9.47 Å². The number of likely N-dealkylation sites (tertiary alicyclic amines) is 1. The Kier molecular flexibility index (Phi) is 2.76. The molecule has 0 amide bonds. The van der Waals surface area contributed by atoms with Crippen LogP contribution in [0.25, 0.3) is 0 Å². The lowest BCUT2D eigenvalue weighted by Crippen LogP contribution is -2.64. The second-order valence-corrected chi connectivity index (χ2v) is 5.10. The highest BCUT2D eigenvalue weighted by Gasteiger charge is 2.46. The summed E-state index contributed by atoms with van der Waals surface area (Å²) < 4.78 is 11.8. The predicted octanol–water partition coefficient (Wildman–Crippen LogP) is 1.32. The van der Waals surface area contributed by atoms with Crippen molar-refractivity contribution in [2.45, 2.75) is 24.5 Å². The highest BCUT2D eigenvalue weighted by atomic mass is 16.5. The molecule has 4 nitrogen and oxygen atoms in total. The summed E-state index contributed by atoms with van der Waals surface area (Å²) in [5.74, 6) is 0.724. The van der Waals surface area contributed by atoms with Gasteiger partial charge in [-0.25, -0.2) is 4.98 Å². The van der Waals surface area contributed by atoms with Crippen molar-refractivity contribution in [2.75, 3.05) is 26.7 Å². The molecule has 0 aliphatic carbocycles. The fraction of sp³-hybridized carbons (Fsp3) is 0.615. The van der Waals surface area contributed by atoms with Crippen molar-refractivity contribution in [3.05, 3.63) is 24.4 Å². The largest absolute Gasteiger partial charge is 0.474 e. The summed E-state index contributed by atoms with van der Waals surface area (Å²) in [6.07, 6.45) is 3.95. The number of rotatable bonds is 2. The Morgan fingerprint density at radius 1 is 1.47 bits per heavy atom. The number of likely N-dealkylation sites (N-methyl/N-ethyl adjacent to an activating group) is 1. The van der Waals surface area contributed by atoms with E-state index in [-0.39, 0.29) is 11.7 Å². The minimum Gasteiger partial charge on any atom is -0.474 e. The maximum Gasteiger partial charge on any atom is 0.213 e. The Morgan fingerprint density at radius 2 is 2.35 bits per heavy atom. The van der Waals surface area contributed by atoms with Gasteiger partial charge in [-0.15, -0.1) is 0 Å². The molecule has 0 radical (unpaired) electrons. The van der Waals surface area contributed by atoms with Crippen molar-refractivity contribution in [2.24, 2.45) is 0 Å². The van der Waals surface area contributed by atoms with Crippen LogP contribution in [0.2, 0.25) is 0 Å². The first-order valence-corrected chi connectivity index (χ1v) is 6.16. The smallest absolute Gasteiger partial charge is 0.213 e. The van der Waals surface area contributed by atoms with Crippen molar-refractivity contribution < 1.29 is 9.47 Å². The van der Waals surface area contributed by atoms with E-state index in [0.29, 0.717) is 0 Å². The van der Waals surface area contributed by atoms with Crippen LogP contribution in [-0.4, -0.2) is 48.3 Å². The summed E-state index contributed by atoms with van der Waals surface area (Å²) in [7, 11) is 2.12. The van der Waals surface area contributed by atoms with E-state index in [1.54, 1.807) is 6.20 Å². The molecule has 1 atom stereocenters. The lowest BCUT2D eigenvalue weighted by atomic mass is 9.85. The first kappa shape index (κ1) is 11.0. The summed E-state index contributed by atoms with van der Waals surface area (Å²) in [5.41, 5.74) is 0.0481. The molecule has 2 aliphatic rings. The van der Waals surface area contributed by atoms with Crippen LogP contribution >= 0.6 is 0 Å². The summed E-state index contributed by atoms with van der Waals surface area (Å²) in [4.78, 5) is 6.49. The maximum absolute atomic E-state index is 5.91. The van der Waals surface area contributed by atoms with Crippen LogP contribution in [0.15, 0.2) is 24.4 Å². The van der Waals surface area contributed by atoms with E-state index in [2.05, 4.69) is 16.9 Å². The number of nitrogens with zero attached hydrogens (tertiary/aromatic N) is 2. The van der Waals surface area contributed by atoms with E-state index in [0.717, 1.165) is 38.4 Å². The Hall–Kier alpha value is -1.13. The Balaban J connectivity index is 1.61. The summed E-state index contributed by atoms with van der Waals surface area (Å²) in [6.45, 7) is 2.84. The molecule has 1 spiro atoms. The SMILES string of the molecule is CN1CC2(C[C@H](Oc3ccccn3)CCO2)C1. The van der Waals surface area contributed by atoms with Gasteiger partial charge in [0.05, 0.1) is 12.2 Å². The van der Waals surface area contributed by atoms with Gasteiger partial charge in [-0.2, -0.15) is 0 Å². The summed E-state index contributed by atoms with van der Waals surface area (Å²) in [5, 5.41) is 0. The quantitative estimate of drug-likeness (QED) is 0.773. The molecule has 0 aromatic carbocycles. The van der Waals surface area contributed by atoms with Gasteiger partial charge in [0.25, 0.3) is 0 Å². The van der Waals surface area contributed by atoms with Crippen molar-refractivity contribution in [1.82, 2.24) is 9.88 Å². The fourth-order valence-electron chi connectivity index (χ4n) is 2.83. The average molecular weight is 234 g/mol. The standard InChI is InChI=1S/C13H18N2O2/c1-15-9-13(10-15)8-11(5-7-16-13)17-12-4-2-3-6-14-12/h2-4,6,11H,5,7-10H2,1H3/t11-/m1/s1. The van der Waals surface area contributed by atoms with Crippen LogP contribution in [0.5, 0.6) is 5.88 Å². The van der Waals surface area contributed by atoms with E-state index in [9.17, 15) is 0 Å². The van der Waals surface area contributed by atoms with Crippen molar-refractivity contribution >= 4 is 0 Å². The number of hydrogen-bond donors (Lipinski definition) is 0. The second kappa shape index (κ2) is 4.27. The number of ether oxygens (including phenoxy) is 2. The molecule has 2 saturated heterocycles. The molecule has 0 N–H and O–H groups in total. The molecular weight excluding hydrogens is 216 g/mol. The lowest BCUT2D eigenvalue weighted by Gasteiger charge is -2.51. The number of pyridine rings is 1. The van der Waals surface area contributed by atoms with Gasteiger partial charge in [-0.3, -0.25) is 0 Å². The van der Waals surface area contributed by atoms with Gasteiger partial charge in [0.15, 0.2) is 0 Å². The molecule has 0 unspecified atom stereocenters. The molecule has 3 heterocycles. The Bertz CT molecular complexity index is 371. The molecule has 1 aromatic rings. The van der Waals surface area contributed by atoms with Crippen LogP contribution in [0.4, 0.5) is 0 Å². The van der Waals surface area contributed by atoms with E-state index >= 15 is 0 Å².